The number of rotatable bonds is 15. The molecule has 0 aromatic heterocycles. The average molecular weight is 343 g/mol. The monoisotopic (exact) mass is 342 g/mol. The molecule has 144 valence electrons. The molecule has 2 atom stereocenters. The van der Waals surface area contributed by atoms with Gasteiger partial charge in [-0.05, 0) is 66.0 Å². The van der Waals surface area contributed by atoms with Gasteiger partial charge in [0.1, 0.15) is 5.76 Å². The number of nitrogens with zero attached hydrogens (tertiary/aromatic N) is 1. The lowest BCUT2D eigenvalue weighted by molar-refractivity contribution is 0.0955. The number of ether oxygens (including phenoxy) is 1. The van der Waals surface area contributed by atoms with Crippen LogP contribution in [0.1, 0.15) is 40.0 Å². The Balaban J connectivity index is 4.98. The van der Waals surface area contributed by atoms with E-state index >= 15 is 0 Å². The molecule has 0 aliphatic heterocycles. The Labute approximate surface area is 150 Å². The summed E-state index contributed by atoms with van der Waals surface area (Å²) in [5, 5.41) is 10.4. The molecule has 0 aliphatic rings. The molecule has 0 fully saturated rings. The van der Waals surface area contributed by atoms with E-state index in [-0.39, 0.29) is 11.6 Å². The third kappa shape index (κ3) is 7.51. The lowest BCUT2D eigenvalue weighted by Crippen LogP contribution is -2.56. The van der Waals surface area contributed by atoms with Gasteiger partial charge in [0.25, 0.3) is 0 Å². The van der Waals surface area contributed by atoms with Crippen molar-refractivity contribution in [1.29, 1.82) is 0 Å². The quantitative estimate of drug-likeness (QED) is 0.398. The van der Waals surface area contributed by atoms with E-state index in [0.717, 1.165) is 44.8 Å². The summed E-state index contributed by atoms with van der Waals surface area (Å²) in [4.78, 5) is 2.53. The fourth-order valence-electron chi connectivity index (χ4n) is 3.39. The van der Waals surface area contributed by atoms with Crippen molar-refractivity contribution in [2.45, 2.75) is 51.6 Å². The van der Waals surface area contributed by atoms with Gasteiger partial charge < -0.3 is 20.7 Å². The zero-order chi connectivity index (χ0) is 18.6. The number of hydrogen-bond donors (Lipinski definition) is 3. The largest absolute Gasteiger partial charge is 0.500 e. The Morgan fingerprint density at radius 3 is 2.25 bits per heavy atom. The molecule has 5 heteroatoms. The summed E-state index contributed by atoms with van der Waals surface area (Å²) in [6, 6.07) is 0.197. The van der Waals surface area contributed by atoms with Gasteiger partial charge in [-0.25, -0.2) is 0 Å². The van der Waals surface area contributed by atoms with Crippen LogP contribution in [-0.2, 0) is 4.74 Å². The highest BCUT2D eigenvalue weighted by molar-refractivity contribution is 4.99. The van der Waals surface area contributed by atoms with Crippen molar-refractivity contribution in [2.75, 3.05) is 54.4 Å². The maximum atomic E-state index is 5.36. The highest BCUT2D eigenvalue weighted by atomic mass is 16.5. The van der Waals surface area contributed by atoms with Crippen LogP contribution in [0.4, 0.5) is 0 Å². The van der Waals surface area contributed by atoms with Crippen LogP contribution in [0.15, 0.2) is 12.3 Å². The van der Waals surface area contributed by atoms with Crippen molar-refractivity contribution in [3.05, 3.63) is 12.3 Å². The minimum Gasteiger partial charge on any atom is -0.500 e. The van der Waals surface area contributed by atoms with E-state index in [1.807, 2.05) is 14.1 Å². The summed E-state index contributed by atoms with van der Waals surface area (Å²) >= 11 is 0. The van der Waals surface area contributed by atoms with E-state index in [1.54, 1.807) is 7.11 Å². The second-order valence-corrected chi connectivity index (χ2v) is 7.13. The van der Waals surface area contributed by atoms with Crippen molar-refractivity contribution < 1.29 is 4.74 Å². The summed E-state index contributed by atoms with van der Waals surface area (Å²) in [7, 11) is 8.03. The summed E-state index contributed by atoms with van der Waals surface area (Å²) < 4.78 is 5.36. The van der Waals surface area contributed by atoms with E-state index in [0.29, 0.717) is 5.92 Å². The molecule has 0 amide bonds. The molecule has 0 aromatic rings. The van der Waals surface area contributed by atoms with Gasteiger partial charge in [-0.1, -0.05) is 27.4 Å². The lowest BCUT2D eigenvalue weighted by Gasteiger charge is -2.43. The number of likely N-dealkylation sites (N-methyl/N-ethyl adjacent to an activating group) is 2. The van der Waals surface area contributed by atoms with E-state index in [1.165, 1.54) is 6.42 Å². The smallest absolute Gasteiger partial charge is 0.106 e. The van der Waals surface area contributed by atoms with Crippen LogP contribution in [0.3, 0.4) is 0 Å². The number of methoxy groups -OCH3 is 1. The topological polar surface area (TPSA) is 48.6 Å². The number of hydrogen-bond acceptors (Lipinski definition) is 5. The van der Waals surface area contributed by atoms with Gasteiger partial charge in [-0.2, -0.15) is 0 Å². The molecule has 0 saturated heterocycles. The van der Waals surface area contributed by atoms with Crippen LogP contribution in [-0.4, -0.2) is 70.9 Å². The van der Waals surface area contributed by atoms with Gasteiger partial charge in [-0.15, -0.1) is 0 Å². The summed E-state index contributed by atoms with van der Waals surface area (Å²) in [5.74, 6) is 1.28. The van der Waals surface area contributed by atoms with E-state index in [2.05, 4.69) is 55.2 Å². The van der Waals surface area contributed by atoms with E-state index in [4.69, 9.17) is 4.74 Å². The molecule has 0 rings (SSSR count). The van der Waals surface area contributed by atoms with Crippen molar-refractivity contribution in [3.8, 4) is 0 Å². The first-order chi connectivity index (χ1) is 11.4. The summed E-state index contributed by atoms with van der Waals surface area (Å²) in [6.45, 7) is 14.8. The second kappa shape index (κ2) is 12.7. The van der Waals surface area contributed by atoms with Crippen LogP contribution in [0.2, 0.25) is 0 Å². The summed E-state index contributed by atoms with van der Waals surface area (Å²) in [6.07, 6.45) is 3.39. The molecule has 0 aliphatic carbocycles. The Hall–Kier alpha value is -0.620. The standard InChI is InChI=1S/C19H42N4O/c1-9-14-23(7)19(15-21-6,10-12-20-5)11-13-22-18(16(2)3)17(4)24-8/h16,18,20-22H,4,9-15H2,1-3,5-8H3. The normalized spacial score (nSPS) is 15.5. The van der Waals surface area contributed by atoms with E-state index < -0.39 is 0 Å². The van der Waals surface area contributed by atoms with Crippen molar-refractivity contribution in [3.63, 3.8) is 0 Å². The Bertz CT molecular complexity index is 335. The highest BCUT2D eigenvalue weighted by Crippen LogP contribution is 2.23. The predicted octanol–water partition coefficient (Wildman–Crippen LogP) is 2.06. The van der Waals surface area contributed by atoms with Crippen LogP contribution >= 0.6 is 0 Å². The Morgan fingerprint density at radius 2 is 1.79 bits per heavy atom. The first kappa shape index (κ1) is 23.4. The van der Waals surface area contributed by atoms with E-state index in [9.17, 15) is 0 Å². The first-order valence-corrected chi connectivity index (χ1v) is 9.35. The molecule has 3 N–H and O–H groups in total. The molecule has 0 bridgehead atoms. The van der Waals surface area contributed by atoms with Crippen LogP contribution in [0.25, 0.3) is 0 Å². The molecular formula is C19H42N4O. The minimum atomic E-state index is 0.150. The van der Waals surface area contributed by atoms with Gasteiger partial charge in [-0.3, -0.25) is 4.90 Å². The molecule has 0 radical (unpaired) electrons. The van der Waals surface area contributed by atoms with Gasteiger partial charge in [0.05, 0.1) is 13.2 Å². The molecular weight excluding hydrogens is 300 g/mol. The Morgan fingerprint density at radius 1 is 1.17 bits per heavy atom. The molecule has 0 aromatic carbocycles. The maximum Gasteiger partial charge on any atom is 0.106 e. The lowest BCUT2D eigenvalue weighted by atomic mass is 9.88. The van der Waals surface area contributed by atoms with Gasteiger partial charge in [0, 0.05) is 12.1 Å². The van der Waals surface area contributed by atoms with Gasteiger partial charge in [0.15, 0.2) is 0 Å². The molecule has 2 unspecified atom stereocenters. The van der Waals surface area contributed by atoms with Crippen LogP contribution in [0.5, 0.6) is 0 Å². The number of nitrogens with one attached hydrogen (secondary N) is 3. The van der Waals surface area contributed by atoms with Gasteiger partial charge in [0.2, 0.25) is 0 Å². The SMILES string of the molecule is C=C(OC)C(NCCC(CCNC)(CNC)N(C)CCC)C(C)C. The zero-order valence-corrected chi connectivity index (χ0v) is 17.2. The van der Waals surface area contributed by atoms with Crippen molar-refractivity contribution >= 4 is 0 Å². The molecule has 24 heavy (non-hydrogen) atoms. The highest BCUT2D eigenvalue weighted by Gasteiger charge is 2.33. The zero-order valence-electron chi connectivity index (χ0n) is 17.2. The van der Waals surface area contributed by atoms with Gasteiger partial charge >= 0.3 is 0 Å². The minimum absolute atomic E-state index is 0.150. The third-order valence-corrected chi connectivity index (χ3v) is 4.95. The Kier molecular flexibility index (Phi) is 12.4. The molecule has 0 saturated carbocycles. The van der Waals surface area contributed by atoms with Crippen LogP contribution < -0.4 is 16.0 Å². The average Bonchev–Trinajstić information content (AvgIpc) is 2.55. The van der Waals surface area contributed by atoms with Crippen molar-refractivity contribution in [2.24, 2.45) is 5.92 Å². The van der Waals surface area contributed by atoms with Crippen molar-refractivity contribution in [1.82, 2.24) is 20.9 Å². The third-order valence-electron chi connectivity index (χ3n) is 4.95. The maximum absolute atomic E-state index is 5.36. The predicted molar refractivity (Wildman–Crippen MR) is 106 cm³/mol. The molecule has 5 nitrogen and oxygen atoms in total. The fraction of sp³-hybridized carbons (Fsp3) is 0.895. The summed E-state index contributed by atoms with van der Waals surface area (Å²) in [5.41, 5.74) is 0.150. The molecule has 0 spiro atoms. The molecule has 0 heterocycles. The van der Waals surface area contributed by atoms with Crippen LogP contribution in [0, 0.1) is 5.92 Å². The first-order valence-electron chi connectivity index (χ1n) is 9.35. The second-order valence-electron chi connectivity index (χ2n) is 7.13. The fourth-order valence-corrected chi connectivity index (χ4v) is 3.39.